The van der Waals surface area contributed by atoms with Crippen molar-refractivity contribution < 1.29 is 9.59 Å². The Morgan fingerprint density at radius 3 is 2.52 bits per heavy atom. The molecule has 0 aromatic rings. The number of carbonyl (C=O) groups excluding carboxylic acids is 2. The Hall–Kier alpha value is -1.11. The lowest BCUT2D eigenvalue weighted by Crippen LogP contribution is -2.50. The SMILES string of the molecule is C=CCNC(=O)NC(=O)CN(C)C1CC2CCC(C1)N2.Cl. The molecule has 21 heavy (non-hydrogen) atoms. The van der Waals surface area contributed by atoms with E-state index in [0.29, 0.717) is 24.7 Å². The van der Waals surface area contributed by atoms with E-state index in [2.05, 4.69) is 27.4 Å². The standard InChI is InChI=1S/C14H24N4O2.ClH/c1-3-6-15-14(20)17-13(19)9-18(2)12-7-10-4-5-11(8-12)16-10;/h3,10-12,16H,1,4-9H2,2H3,(H2,15,17,19,20);1H. The maximum atomic E-state index is 11.8. The lowest BCUT2D eigenvalue weighted by Gasteiger charge is -2.35. The second kappa shape index (κ2) is 8.36. The van der Waals surface area contributed by atoms with Gasteiger partial charge in [-0.2, -0.15) is 0 Å². The number of halogens is 1. The Labute approximate surface area is 132 Å². The normalized spacial score (nSPS) is 26.9. The van der Waals surface area contributed by atoms with Crippen LogP contribution in [-0.4, -0.2) is 55.1 Å². The quantitative estimate of drug-likeness (QED) is 0.651. The number of nitrogens with one attached hydrogen (secondary N) is 3. The number of nitrogens with zero attached hydrogens (tertiary/aromatic N) is 1. The van der Waals surface area contributed by atoms with Crippen molar-refractivity contribution in [2.45, 2.75) is 43.8 Å². The Balaban J connectivity index is 0.00000220. The van der Waals surface area contributed by atoms with Crippen LogP contribution in [0.4, 0.5) is 4.79 Å². The summed E-state index contributed by atoms with van der Waals surface area (Å²) in [6.45, 7) is 4.11. The summed E-state index contributed by atoms with van der Waals surface area (Å²) in [5.74, 6) is -0.264. The molecule has 3 N–H and O–H groups in total. The molecule has 2 heterocycles. The molecule has 0 saturated carbocycles. The predicted octanol–water partition coefficient (Wildman–Crippen LogP) is 0.635. The third kappa shape index (κ3) is 5.30. The van der Waals surface area contributed by atoms with Gasteiger partial charge in [-0.15, -0.1) is 19.0 Å². The van der Waals surface area contributed by atoms with Crippen molar-refractivity contribution >= 4 is 24.3 Å². The number of urea groups is 1. The number of imide groups is 1. The molecule has 2 fully saturated rings. The van der Waals surface area contributed by atoms with Crippen molar-refractivity contribution in [3.05, 3.63) is 12.7 Å². The van der Waals surface area contributed by atoms with Crippen LogP contribution in [0.15, 0.2) is 12.7 Å². The second-order valence-corrected chi connectivity index (χ2v) is 5.73. The van der Waals surface area contributed by atoms with Gasteiger partial charge in [0.05, 0.1) is 6.54 Å². The molecule has 0 aromatic heterocycles. The minimum Gasteiger partial charge on any atom is -0.334 e. The van der Waals surface area contributed by atoms with E-state index in [1.54, 1.807) is 6.08 Å². The van der Waals surface area contributed by atoms with Crippen molar-refractivity contribution in [1.82, 2.24) is 20.9 Å². The molecule has 2 saturated heterocycles. The zero-order chi connectivity index (χ0) is 14.5. The van der Waals surface area contributed by atoms with Crippen molar-refractivity contribution in [1.29, 1.82) is 0 Å². The van der Waals surface area contributed by atoms with Crippen LogP contribution < -0.4 is 16.0 Å². The van der Waals surface area contributed by atoms with Gasteiger partial charge in [-0.1, -0.05) is 6.08 Å². The average Bonchev–Trinajstić information content (AvgIpc) is 2.74. The maximum Gasteiger partial charge on any atom is 0.321 e. The molecular formula is C14H25ClN4O2. The van der Waals surface area contributed by atoms with Crippen LogP contribution in [0.25, 0.3) is 0 Å². The maximum absolute atomic E-state index is 11.8. The largest absolute Gasteiger partial charge is 0.334 e. The molecule has 2 unspecified atom stereocenters. The minimum absolute atomic E-state index is 0. The molecule has 0 radical (unpaired) electrons. The van der Waals surface area contributed by atoms with Gasteiger partial charge in [0.15, 0.2) is 0 Å². The molecule has 120 valence electrons. The molecule has 2 aliphatic heterocycles. The first kappa shape index (κ1) is 17.9. The van der Waals surface area contributed by atoms with E-state index in [1.807, 2.05) is 7.05 Å². The fourth-order valence-corrected chi connectivity index (χ4v) is 3.12. The zero-order valence-corrected chi connectivity index (χ0v) is 13.2. The van der Waals surface area contributed by atoms with E-state index in [9.17, 15) is 9.59 Å². The van der Waals surface area contributed by atoms with Gasteiger partial charge in [-0.25, -0.2) is 4.79 Å². The summed E-state index contributed by atoms with van der Waals surface area (Å²) in [6, 6.07) is 1.16. The first-order valence-corrected chi connectivity index (χ1v) is 7.23. The molecule has 2 aliphatic rings. The summed E-state index contributed by atoms with van der Waals surface area (Å²) in [5.41, 5.74) is 0. The molecule has 2 rings (SSSR count). The number of hydrogen-bond acceptors (Lipinski definition) is 4. The van der Waals surface area contributed by atoms with Crippen molar-refractivity contribution in [3.8, 4) is 0 Å². The molecule has 7 heteroatoms. The van der Waals surface area contributed by atoms with E-state index in [4.69, 9.17) is 0 Å². The first-order chi connectivity index (χ1) is 9.58. The Kier molecular flexibility index (Phi) is 7.14. The van der Waals surface area contributed by atoms with Crippen LogP contribution in [0.5, 0.6) is 0 Å². The van der Waals surface area contributed by atoms with Crippen LogP contribution in [0.3, 0.4) is 0 Å². The average molecular weight is 317 g/mol. The smallest absolute Gasteiger partial charge is 0.321 e. The summed E-state index contributed by atoms with van der Waals surface area (Å²) in [4.78, 5) is 25.2. The molecule has 2 atom stereocenters. The van der Waals surface area contributed by atoms with Gasteiger partial charge in [-0.05, 0) is 32.7 Å². The summed E-state index contributed by atoms with van der Waals surface area (Å²) < 4.78 is 0. The second-order valence-electron chi connectivity index (χ2n) is 5.73. The summed E-state index contributed by atoms with van der Waals surface area (Å²) in [5, 5.41) is 8.43. The lowest BCUT2D eigenvalue weighted by molar-refractivity contribution is -0.121. The highest BCUT2D eigenvalue weighted by molar-refractivity contribution is 5.95. The van der Waals surface area contributed by atoms with Crippen molar-refractivity contribution in [2.75, 3.05) is 20.1 Å². The van der Waals surface area contributed by atoms with E-state index in [0.717, 1.165) is 12.8 Å². The van der Waals surface area contributed by atoms with Crippen LogP contribution in [-0.2, 0) is 4.79 Å². The summed E-state index contributed by atoms with van der Waals surface area (Å²) in [6.07, 6.45) is 6.23. The molecule has 0 spiro atoms. The number of piperidine rings is 1. The van der Waals surface area contributed by atoms with Gasteiger partial charge >= 0.3 is 6.03 Å². The Bertz CT molecular complexity index is 379. The number of hydrogen-bond donors (Lipinski definition) is 3. The van der Waals surface area contributed by atoms with Gasteiger partial charge in [0, 0.05) is 24.7 Å². The first-order valence-electron chi connectivity index (χ1n) is 7.23. The number of fused-ring (bicyclic) bond motifs is 2. The van der Waals surface area contributed by atoms with Crippen LogP contribution in [0, 0.1) is 0 Å². The Morgan fingerprint density at radius 1 is 1.33 bits per heavy atom. The molecule has 0 aromatic carbocycles. The summed E-state index contributed by atoms with van der Waals surface area (Å²) in [7, 11) is 1.96. The van der Waals surface area contributed by atoms with E-state index >= 15 is 0 Å². The van der Waals surface area contributed by atoms with Gasteiger partial charge in [0.2, 0.25) is 5.91 Å². The predicted molar refractivity (Wildman–Crippen MR) is 84.6 cm³/mol. The van der Waals surface area contributed by atoms with Crippen LogP contribution >= 0.6 is 12.4 Å². The summed E-state index contributed by atoms with van der Waals surface area (Å²) >= 11 is 0. The number of amides is 3. The van der Waals surface area contributed by atoms with Crippen LogP contribution in [0.1, 0.15) is 25.7 Å². The third-order valence-electron chi connectivity index (χ3n) is 4.12. The molecule has 0 aliphatic carbocycles. The molecule has 6 nitrogen and oxygen atoms in total. The molecule has 2 bridgehead atoms. The number of likely N-dealkylation sites (N-methyl/N-ethyl adjacent to an activating group) is 1. The third-order valence-corrected chi connectivity index (χ3v) is 4.12. The van der Waals surface area contributed by atoms with E-state index in [1.165, 1.54) is 12.8 Å². The minimum atomic E-state index is -0.464. The highest BCUT2D eigenvalue weighted by atomic mass is 35.5. The van der Waals surface area contributed by atoms with Gasteiger partial charge < -0.3 is 10.6 Å². The fraction of sp³-hybridized carbons (Fsp3) is 0.714. The van der Waals surface area contributed by atoms with Gasteiger partial charge in [0.1, 0.15) is 0 Å². The van der Waals surface area contributed by atoms with Crippen LogP contribution in [0.2, 0.25) is 0 Å². The molecule has 3 amide bonds. The van der Waals surface area contributed by atoms with Gasteiger partial charge in [-0.3, -0.25) is 15.0 Å². The zero-order valence-electron chi connectivity index (χ0n) is 12.4. The topological polar surface area (TPSA) is 73.5 Å². The lowest BCUT2D eigenvalue weighted by atomic mass is 9.98. The Morgan fingerprint density at radius 2 is 1.95 bits per heavy atom. The highest BCUT2D eigenvalue weighted by Gasteiger charge is 2.35. The number of rotatable bonds is 5. The van der Waals surface area contributed by atoms with Crippen molar-refractivity contribution in [2.24, 2.45) is 0 Å². The molecular weight excluding hydrogens is 292 g/mol. The fourth-order valence-electron chi connectivity index (χ4n) is 3.12. The monoisotopic (exact) mass is 316 g/mol. The van der Waals surface area contributed by atoms with E-state index < -0.39 is 6.03 Å². The highest BCUT2D eigenvalue weighted by Crippen LogP contribution is 2.28. The van der Waals surface area contributed by atoms with Crippen molar-refractivity contribution in [3.63, 3.8) is 0 Å². The van der Waals surface area contributed by atoms with Gasteiger partial charge in [0.25, 0.3) is 0 Å². The van der Waals surface area contributed by atoms with E-state index in [-0.39, 0.29) is 24.9 Å². The number of carbonyl (C=O) groups is 2.